The van der Waals surface area contributed by atoms with Crippen molar-refractivity contribution < 1.29 is 4.79 Å². The SMILES string of the molecule is CC(=O)C1C2CCC1CNC2. The standard InChI is InChI=1S/C9H15NO/c1-6(11)9-7-2-3-8(9)5-10-4-7/h7-10H,2-5H2,1H3. The first-order valence-corrected chi connectivity index (χ1v) is 4.50. The zero-order valence-electron chi connectivity index (χ0n) is 6.97. The Balaban J connectivity index is 2.15. The molecule has 0 aromatic carbocycles. The molecule has 0 spiro atoms. The van der Waals surface area contributed by atoms with E-state index in [4.69, 9.17) is 0 Å². The molecule has 2 nitrogen and oxygen atoms in total. The summed E-state index contributed by atoms with van der Waals surface area (Å²) in [7, 11) is 0. The molecule has 62 valence electrons. The molecule has 2 rings (SSSR count). The van der Waals surface area contributed by atoms with E-state index in [1.807, 2.05) is 0 Å². The summed E-state index contributed by atoms with van der Waals surface area (Å²) in [6.07, 6.45) is 2.53. The first-order valence-electron chi connectivity index (χ1n) is 4.50. The topological polar surface area (TPSA) is 29.1 Å². The fraction of sp³-hybridized carbons (Fsp3) is 0.889. The zero-order valence-corrected chi connectivity index (χ0v) is 6.97. The Hall–Kier alpha value is -0.370. The van der Waals surface area contributed by atoms with E-state index in [1.165, 1.54) is 12.8 Å². The normalized spacial score (nSPS) is 42.5. The second-order valence-corrected chi connectivity index (χ2v) is 3.89. The van der Waals surface area contributed by atoms with Crippen molar-refractivity contribution in [1.82, 2.24) is 5.32 Å². The van der Waals surface area contributed by atoms with Crippen molar-refractivity contribution in [3.05, 3.63) is 0 Å². The van der Waals surface area contributed by atoms with Crippen LogP contribution in [-0.4, -0.2) is 18.9 Å². The van der Waals surface area contributed by atoms with Gasteiger partial charge in [-0.3, -0.25) is 4.79 Å². The number of nitrogens with one attached hydrogen (secondary N) is 1. The number of rotatable bonds is 1. The molecule has 1 N–H and O–H groups in total. The van der Waals surface area contributed by atoms with Gasteiger partial charge in [0.25, 0.3) is 0 Å². The van der Waals surface area contributed by atoms with Gasteiger partial charge >= 0.3 is 0 Å². The van der Waals surface area contributed by atoms with Crippen molar-refractivity contribution in [3.8, 4) is 0 Å². The molecule has 0 aromatic rings. The monoisotopic (exact) mass is 153 g/mol. The van der Waals surface area contributed by atoms with Crippen LogP contribution in [0.15, 0.2) is 0 Å². The molecular formula is C9H15NO. The van der Waals surface area contributed by atoms with Crippen molar-refractivity contribution in [2.45, 2.75) is 19.8 Å². The summed E-state index contributed by atoms with van der Waals surface area (Å²) in [6, 6.07) is 0. The van der Waals surface area contributed by atoms with Gasteiger partial charge in [0.1, 0.15) is 5.78 Å². The number of carbonyl (C=O) groups is 1. The van der Waals surface area contributed by atoms with E-state index in [2.05, 4.69) is 5.32 Å². The second kappa shape index (κ2) is 2.59. The minimum absolute atomic E-state index is 0.399. The molecule has 1 heterocycles. The van der Waals surface area contributed by atoms with Gasteiger partial charge in [-0.1, -0.05) is 0 Å². The molecular weight excluding hydrogens is 138 g/mol. The van der Waals surface area contributed by atoms with E-state index in [1.54, 1.807) is 6.92 Å². The van der Waals surface area contributed by atoms with Crippen LogP contribution in [0.3, 0.4) is 0 Å². The number of fused-ring (bicyclic) bond motifs is 2. The molecule has 0 radical (unpaired) electrons. The number of ketones is 1. The van der Waals surface area contributed by atoms with E-state index in [0.29, 0.717) is 23.5 Å². The molecule has 1 saturated carbocycles. The molecule has 11 heavy (non-hydrogen) atoms. The first kappa shape index (κ1) is 7.29. The summed E-state index contributed by atoms with van der Waals surface area (Å²) in [5.41, 5.74) is 0. The van der Waals surface area contributed by atoms with Crippen molar-refractivity contribution in [2.24, 2.45) is 17.8 Å². The Morgan fingerprint density at radius 1 is 1.27 bits per heavy atom. The highest BCUT2D eigenvalue weighted by atomic mass is 16.1. The smallest absolute Gasteiger partial charge is 0.133 e. The Morgan fingerprint density at radius 3 is 2.18 bits per heavy atom. The predicted octanol–water partition coefficient (Wildman–Crippen LogP) is 0.821. The van der Waals surface area contributed by atoms with Crippen LogP contribution in [0, 0.1) is 17.8 Å². The van der Waals surface area contributed by atoms with Crippen LogP contribution in [0.25, 0.3) is 0 Å². The summed E-state index contributed by atoms with van der Waals surface area (Å²) in [5, 5.41) is 3.38. The average molecular weight is 153 g/mol. The Morgan fingerprint density at radius 2 is 1.82 bits per heavy atom. The number of hydrogen-bond acceptors (Lipinski definition) is 2. The summed E-state index contributed by atoms with van der Waals surface area (Å²) in [6.45, 7) is 3.89. The number of carbonyl (C=O) groups excluding carboxylic acids is 1. The zero-order chi connectivity index (χ0) is 7.84. The Kier molecular flexibility index (Phi) is 1.72. The fourth-order valence-electron chi connectivity index (χ4n) is 2.75. The Labute approximate surface area is 67.4 Å². The molecule has 2 bridgehead atoms. The van der Waals surface area contributed by atoms with Crippen LogP contribution in [0.1, 0.15) is 19.8 Å². The molecule has 1 saturated heterocycles. The van der Waals surface area contributed by atoms with Gasteiger partial charge in [0.05, 0.1) is 0 Å². The van der Waals surface area contributed by atoms with Crippen molar-refractivity contribution in [1.29, 1.82) is 0 Å². The lowest BCUT2D eigenvalue weighted by Crippen LogP contribution is -2.40. The van der Waals surface area contributed by atoms with Crippen molar-refractivity contribution >= 4 is 5.78 Å². The maximum atomic E-state index is 11.2. The summed E-state index contributed by atoms with van der Waals surface area (Å²) >= 11 is 0. The van der Waals surface area contributed by atoms with Gasteiger partial charge in [-0.15, -0.1) is 0 Å². The fourth-order valence-corrected chi connectivity index (χ4v) is 2.75. The number of piperidine rings is 1. The third kappa shape index (κ3) is 1.09. The van der Waals surface area contributed by atoms with E-state index >= 15 is 0 Å². The van der Waals surface area contributed by atoms with Crippen LogP contribution in [0.5, 0.6) is 0 Å². The third-order valence-electron chi connectivity index (χ3n) is 3.21. The highest BCUT2D eigenvalue weighted by Crippen LogP contribution is 2.39. The first-order chi connectivity index (χ1) is 5.29. The average Bonchev–Trinajstić information content (AvgIpc) is 2.23. The van der Waals surface area contributed by atoms with E-state index in [-0.39, 0.29) is 0 Å². The lowest BCUT2D eigenvalue weighted by atomic mass is 9.83. The lowest BCUT2D eigenvalue weighted by molar-refractivity contribution is -0.123. The van der Waals surface area contributed by atoms with E-state index < -0.39 is 0 Å². The van der Waals surface area contributed by atoms with Gasteiger partial charge in [0, 0.05) is 5.92 Å². The van der Waals surface area contributed by atoms with Crippen molar-refractivity contribution in [2.75, 3.05) is 13.1 Å². The minimum atomic E-state index is 0.399. The van der Waals surface area contributed by atoms with Gasteiger partial charge in [0.15, 0.2) is 0 Å². The highest BCUT2D eigenvalue weighted by molar-refractivity contribution is 5.79. The van der Waals surface area contributed by atoms with Crippen LogP contribution in [0.2, 0.25) is 0 Å². The second-order valence-electron chi connectivity index (χ2n) is 3.89. The van der Waals surface area contributed by atoms with Crippen molar-refractivity contribution in [3.63, 3.8) is 0 Å². The van der Waals surface area contributed by atoms with Crippen LogP contribution < -0.4 is 5.32 Å². The van der Waals surface area contributed by atoms with Crippen LogP contribution >= 0.6 is 0 Å². The Bertz CT molecular complexity index is 162. The molecule has 2 unspecified atom stereocenters. The molecule has 2 fully saturated rings. The molecule has 0 amide bonds. The van der Waals surface area contributed by atoms with Gasteiger partial charge in [0.2, 0.25) is 0 Å². The molecule has 2 atom stereocenters. The highest BCUT2D eigenvalue weighted by Gasteiger charge is 2.41. The quantitative estimate of drug-likeness (QED) is 0.604. The molecule has 1 aliphatic carbocycles. The summed E-state index contributed by atoms with van der Waals surface area (Å²) in [4.78, 5) is 11.2. The van der Waals surface area contributed by atoms with E-state index in [9.17, 15) is 4.79 Å². The number of hydrogen-bond donors (Lipinski definition) is 1. The van der Waals surface area contributed by atoms with Crippen LogP contribution in [-0.2, 0) is 4.79 Å². The maximum absolute atomic E-state index is 11.2. The largest absolute Gasteiger partial charge is 0.316 e. The molecule has 0 aromatic heterocycles. The maximum Gasteiger partial charge on any atom is 0.133 e. The molecule has 2 heteroatoms. The minimum Gasteiger partial charge on any atom is -0.316 e. The summed E-state index contributed by atoms with van der Waals surface area (Å²) in [5.74, 6) is 2.13. The summed E-state index contributed by atoms with van der Waals surface area (Å²) < 4.78 is 0. The molecule has 1 aliphatic heterocycles. The van der Waals surface area contributed by atoms with E-state index in [0.717, 1.165) is 13.1 Å². The van der Waals surface area contributed by atoms with Gasteiger partial charge in [-0.2, -0.15) is 0 Å². The van der Waals surface area contributed by atoms with Gasteiger partial charge in [-0.05, 0) is 44.7 Å². The van der Waals surface area contributed by atoms with Gasteiger partial charge < -0.3 is 5.32 Å². The lowest BCUT2D eigenvalue weighted by Gasteiger charge is -2.28. The molecule has 2 aliphatic rings. The number of Topliss-reactive ketones (excluding diaryl/α,β-unsaturated/α-hetero) is 1. The third-order valence-corrected chi connectivity index (χ3v) is 3.21. The predicted molar refractivity (Wildman–Crippen MR) is 43.3 cm³/mol. The van der Waals surface area contributed by atoms with Gasteiger partial charge in [-0.25, -0.2) is 0 Å². The van der Waals surface area contributed by atoms with Crippen LogP contribution in [0.4, 0.5) is 0 Å².